The largest absolute Gasteiger partial charge is 0.489 e. The predicted octanol–water partition coefficient (Wildman–Crippen LogP) is 3.43. The van der Waals surface area contributed by atoms with E-state index in [-0.39, 0.29) is 18.2 Å². The Bertz CT molecular complexity index is 649. The van der Waals surface area contributed by atoms with Gasteiger partial charge < -0.3 is 10.1 Å². The van der Waals surface area contributed by atoms with Crippen molar-refractivity contribution in [3.63, 3.8) is 0 Å². The lowest BCUT2D eigenvalue weighted by molar-refractivity contribution is -0.117. The number of hydrogen-bond acceptors (Lipinski definition) is 3. The number of amides is 1. The number of nitrogens with zero attached hydrogens (tertiary/aromatic N) is 1. The number of carbonyl (C=O) groups is 1. The molecular formula is C17H18ClFN2O2. The lowest BCUT2D eigenvalue weighted by Crippen LogP contribution is -2.33. The van der Waals surface area contributed by atoms with Gasteiger partial charge in [-0.1, -0.05) is 23.7 Å². The van der Waals surface area contributed by atoms with E-state index in [1.54, 1.807) is 54.4 Å². The maximum Gasteiger partial charge on any atom is 0.238 e. The number of nitrogens with one attached hydrogen (secondary N) is 1. The third-order valence-electron chi connectivity index (χ3n) is 3.11. The van der Waals surface area contributed by atoms with Crippen LogP contribution >= 0.6 is 11.6 Å². The van der Waals surface area contributed by atoms with Crippen LogP contribution in [0.2, 0.25) is 5.02 Å². The van der Waals surface area contributed by atoms with E-state index in [2.05, 4.69) is 5.32 Å². The van der Waals surface area contributed by atoms with Crippen molar-refractivity contribution < 1.29 is 13.9 Å². The molecule has 0 fully saturated rings. The van der Waals surface area contributed by atoms with E-state index in [0.717, 1.165) is 0 Å². The van der Waals surface area contributed by atoms with Crippen LogP contribution in [0.5, 0.6) is 5.75 Å². The van der Waals surface area contributed by atoms with Crippen molar-refractivity contribution in [1.29, 1.82) is 0 Å². The van der Waals surface area contributed by atoms with Crippen LogP contribution in [0.4, 0.5) is 10.1 Å². The van der Waals surface area contributed by atoms with Crippen molar-refractivity contribution in [3.05, 3.63) is 59.4 Å². The van der Waals surface area contributed by atoms with Crippen LogP contribution in [0.25, 0.3) is 0 Å². The van der Waals surface area contributed by atoms with Crippen LogP contribution in [-0.2, 0) is 4.79 Å². The highest BCUT2D eigenvalue weighted by Crippen LogP contribution is 2.15. The highest BCUT2D eigenvalue weighted by Gasteiger charge is 2.08. The van der Waals surface area contributed by atoms with Gasteiger partial charge in [-0.3, -0.25) is 9.69 Å². The molecule has 2 aromatic rings. The summed E-state index contributed by atoms with van der Waals surface area (Å²) >= 11 is 5.79. The minimum atomic E-state index is -0.393. The molecule has 2 aromatic carbocycles. The fraction of sp³-hybridized carbons (Fsp3) is 0.235. The Balaban J connectivity index is 1.71. The van der Waals surface area contributed by atoms with Crippen molar-refractivity contribution in [2.75, 3.05) is 32.1 Å². The van der Waals surface area contributed by atoms with E-state index in [1.165, 1.54) is 6.07 Å². The maximum absolute atomic E-state index is 13.4. The summed E-state index contributed by atoms with van der Waals surface area (Å²) < 4.78 is 18.7. The van der Waals surface area contributed by atoms with Crippen LogP contribution in [0.1, 0.15) is 0 Å². The van der Waals surface area contributed by atoms with E-state index in [0.29, 0.717) is 23.9 Å². The van der Waals surface area contributed by atoms with Gasteiger partial charge in [-0.15, -0.1) is 0 Å². The molecule has 122 valence electrons. The summed E-state index contributed by atoms with van der Waals surface area (Å²) in [5, 5.41) is 3.39. The van der Waals surface area contributed by atoms with Crippen LogP contribution < -0.4 is 10.1 Å². The molecular weight excluding hydrogens is 319 g/mol. The number of hydrogen-bond donors (Lipinski definition) is 1. The number of anilines is 1. The second-order valence-electron chi connectivity index (χ2n) is 5.07. The zero-order valence-corrected chi connectivity index (χ0v) is 13.5. The molecule has 0 unspecified atom stereocenters. The molecule has 6 heteroatoms. The Morgan fingerprint density at radius 1 is 1.22 bits per heavy atom. The van der Waals surface area contributed by atoms with E-state index in [4.69, 9.17) is 16.3 Å². The number of para-hydroxylation sites is 1. The summed E-state index contributed by atoms with van der Waals surface area (Å²) in [6.45, 7) is 1.01. The quantitative estimate of drug-likeness (QED) is 0.842. The van der Waals surface area contributed by atoms with Gasteiger partial charge in [-0.25, -0.2) is 4.39 Å². The fourth-order valence-corrected chi connectivity index (χ4v) is 2.06. The van der Waals surface area contributed by atoms with Crippen molar-refractivity contribution in [1.82, 2.24) is 4.90 Å². The molecule has 0 aromatic heterocycles. The second kappa shape index (κ2) is 8.50. The molecule has 0 radical (unpaired) electrons. The van der Waals surface area contributed by atoms with Crippen molar-refractivity contribution in [2.24, 2.45) is 0 Å². The summed E-state index contributed by atoms with van der Waals surface area (Å²) in [5.41, 5.74) is 0.690. The van der Waals surface area contributed by atoms with Crippen molar-refractivity contribution in [2.45, 2.75) is 0 Å². The highest BCUT2D eigenvalue weighted by molar-refractivity contribution is 6.30. The average Bonchev–Trinajstić information content (AvgIpc) is 2.51. The summed E-state index contributed by atoms with van der Waals surface area (Å²) in [7, 11) is 1.80. The average molecular weight is 337 g/mol. The molecule has 0 saturated carbocycles. The van der Waals surface area contributed by atoms with Gasteiger partial charge in [0.05, 0.1) is 6.54 Å². The first-order chi connectivity index (χ1) is 11.0. The van der Waals surface area contributed by atoms with Gasteiger partial charge in [-0.2, -0.15) is 0 Å². The van der Waals surface area contributed by atoms with Crippen LogP contribution in [0.15, 0.2) is 48.5 Å². The third kappa shape index (κ3) is 5.88. The lowest BCUT2D eigenvalue weighted by Gasteiger charge is -2.16. The number of benzene rings is 2. The van der Waals surface area contributed by atoms with E-state index in [9.17, 15) is 9.18 Å². The van der Waals surface area contributed by atoms with Crippen molar-refractivity contribution in [3.8, 4) is 5.75 Å². The molecule has 2 rings (SSSR count). The number of carbonyl (C=O) groups excluding carboxylic acids is 1. The topological polar surface area (TPSA) is 41.6 Å². The SMILES string of the molecule is CN(CCOc1ccccc1F)CC(=O)Nc1ccc(Cl)cc1. The Morgan fingerprint density at radius 3 is 2.61 bits per heavy atom. The van der Waals surface area contributed by atoms with Crippen LogP contribution in [0.3, 0.4) is 0 Å². The number of ether oxygens (including phenoxy) is 1. The number of rotatable bonds is 7. The first-order valence-corrected chi connectivity index (χ1v) is 7.53. The minimum absolute atomic E-state index is 0.138. The molecule has 0 atom stereocenters. The molecule has 0 bridgehead atoms. The third-order valence-corrected chi connectivity index (χ3v) is 3.36. The first-order valence-electron chi connectivity index (χ1n) is 7.16. The molecule has 1 N–H and O–H groups in total. The van der Waals surface area contributed by atoms with Crippen LogP contribution in [-0.4, -0.2) is 37.6 Å². The number of halogens is 2. The normalized spacial score (nSPS) is 10.6. The Labute approximate surface area is 139 Å². The smallest absolute Gasteiger partial charge is 0.238 e. The van der Waals surface area contributed by atoms with E-state index < -0.39 is 5.82 Å². The maximum atomic E-state index is 13.4. The highest BCUT2D eigenvalue weighted by atomic mass is 35.5. The second-order valence-corrected chi connectivity index (χ2v) is 5.51. The van der Waals surface area contributed by atoms with Gasteiger partial charge in [0, 0.05) is 17.3 Å². The molecule has 0 spiro atoms. The van der Waals surface area contributed by atoms with E-state index in [1.807, 2.05) is 0 Å². The molecule has 0 aliphatic rings. The van der Waals surface area contributed by atoms with Gasteiger partial charge >= 0.3 is 0 Å². The Morgan fingerprint density at radius 2 is 1.91 bits per heavy atom. The van der Waals surface area contributed by atoms with Gasteiger partial charge in [0.1, 0.15) is 6.61 Å². The summed E-state index contributed by atoms with van der Waals surface area (Å²) in [5.74, 6) is -0.317. The molecule has 0 heterocycles. The van der Waals surface area contributed by atoms with Gasteiger partial charge in [0.15, 0.2) is 11.6 Å². The molecule has 0 aliphatic heterocycles. The summed E-state index contributed by atoms with van der Waals surface area (Å²) in [6, 6.07) is 13.1. The lowest BCUT2D eigenvalue weighted by atomic mass is 10.3. The molecule has 23 heavy (non-hydrogen) atoms. The van der Waals surface area contributed by atoms with Gasteiger partial charge in [-0.05, 0) is 43.4 Å². The fourth-order valence-electron chi connectivity index (χ4n) is 1.93. The molecule has 0 aliphatic carbocycles. The first kappa shape index (κ1) is 17.2. The monoisotopic (exact) mass is 336 g/mol. The van der Waals surface area contributed by atoms with Gasteiger partial charge in [0.2, 0.25) is 5.91 Å². The minimum Gasteiger partial charge on any atom is -0.489 e. The molecule has 1 amide bonds. The van der Waals surface area contributed by atoms with E-state index >= 15 is 0 Å². The Kier molecular flexibility index (Phi) is 6.38. The molecule has 0 saturated heterocycles. The summed E-state index contributed by atoms with van der Waals surface area (Å²) in [6.07, 6.45) is 0. The van der Waals surface area contributed by atoms with Gasteiger partial charge in [0.25, 0.3) is 0 Å². The number of likely N-dealkylation sites (N-methyl/N-ethyl adjacent to an activating group) is 1. The molecule has 4 nitrogen and oxygen atoms in total. The zero-order chi connectivity index (χ0) is 16.7. The standard InChI is InChI=1S/C17H18ClFN2O2/c1-21(10-11-23-16-5-3-2-4-15(16)19)12-17(22)20-14-8-6-13(18)7-9-14/h2-9H,10-12H2,1H3,(H,20,22). The van der Waals surface area contributed by atoms with Crippen molar-refractivity contribution >= 4 is 23.2 Å². The summed E-state index contributed by atoms with van der Waals surface area (Å²) in [4.78, 5) is 13.7. The Hall–Kier alpha value is -2.11. The zero-order valence-electron chi connectivity index (χ0n) is 12.8. The van der Waals surface area contributed by atoms with Crippen LogP contribution in [0, 0.1) is 5.82 Å². The predicted molar refractivity (Wildman–Crippen MR) is 89.5 cm³/mol.